The molecule has 0 aliphatic heterocycles. The summed E-state index contributed by atoms with van der Waals surface area (Å²) in [5.74, 6) is -1.21. The molecule has 0 spiro atoms. The van der Waals surface area contributed by atoms with Crippen LogP contribution in [0.4, 0.5) is 0 Å². The Morgan fingerprint density at radius 1 is 1.60 bits per heavy atom. The summed E-state index contributed by atoms with van der Waals surface area (Å²) in [4.78, 5) is 18.7. The smallest absolute Gasteiger partial charge is 0.312 e. The molecule has 0 aliphatic carbocycles. The van der Waals surface area contributed by atoms with Gasteiger partial charge in [0, 0.05) is 6.20 Å². The number of ether oxygens (including phenoxy) is 1. The molecule has 1 aromatic rings. The van der Waals surface area contributed by atoms with Gasteiger partial charge in [-0.3, -0.25) is 9.78 Å². The Morgan fingerprint density at radius 2 is 2.33 bits per heavy atom. The van der Waals surface area contributed by atoms with E-state index in [2.05, 4.69) is 9.97 Å². The van der Waals surface area contributed by atoms with Gasteiger partial charge in [0.05, 0.1) is 24.4 Å². The fourth-order valence-electron chi connectivity index (χ4n) is 0.974. The molecule has 1 aromatic heterocycles. The number of rotatable bonds is 5. The molecule has 82 valence electrons. The van der Waals surface area contributed by atoms with Crippen molar-refractivity contribution in [2.24, 2.45) is 0 Å². The van der Waals surface area contributed by atoms with E-state index in [-0.39, 0.29) is 0 Å². The Bertz CT molecular complexity index is 341. The van der Waals surface area contributed by atoms with Gasteiger partial charge < -0.3 is 9.84 Å². The second-order valence-corrected chi connectivity index (χ2v) is 3.19. The van der Waals surface area contributed by atoms with Gasteiger partial charge in [-0.25, -0.2) is 4.98 Å². The summed E-state index contributed by atoms with van der Waals surface area (Å²) in [5.41, 5.74) is 0.413. The van der Waals surface area contributed by atoms with Crippen molar-refractivity contribution in [3.05, 3.63) is 18.1 Å². The molecule has 0 saturated carbocycles. The Balaban J connectivity index is 2.77. The van der Waals surface area contributed by atoms with Crippen molar-refractivity contribution in [3.8, 4) is 5.88 Å². The number of carboxylic acid groups (broad SMARTS) is 1. The first-order chi connectivity index (χ1) is 7.15. The van der Waals surface area contributed by atoms with Crippen LogP contribution in [0.3, 0.4) is 0 Å². The van der Waals surface area contributed by atoms with Crippen LogP contribution in [0.15, 0.2) is 12.4 Å². The van der Waals surface area contributed by atoms with Crippen LogP contribution in [-0.4, -0.2) is 27.7 Å². The molecule has 15 heavy (non-hydrogen) atoms. The molecule has 0 amide bonds. The Kier molecular flexibility index (Phi) is 4.03. The Morgan fingerprint density at radius 3 is 2.93 bits per heavy atom. The van der Waals surface area contributed by atoms with Crippen LogP contribution in [0.1, 0.15) is 31.9 Å². The van der Waals surface area contributed by atoms with E-state index in [4.69, 9.17) is 9.84 Å². The van der Waals surface area contributed by atoms with E-state index in [1.165, 1.54) is 12.4 Å². The number of aliphatic carboxylic acids is 1. The molecule has 5 nitrogen and oxygen atoms in total. The maximum absolute atomic E-state index is 10.7. The van der Waals surface area contributed by atoms with Gasteiger partial charge in [0.2, 0.25) is 5.88 Å². The van der Waals surface area contributed by atoms with E-state index in [9.17, 15) is 4.79 Å². The van der Waals surface area contributed by atoms with Crippen LogP contribution >= 0.6 is 0 Å². The van der Waals surface area contributed by atoms with Crippen LogP contribution < -0.4 is 4.74 Å². The largest absolute Gasteiger partial charge is 0.481 e. The summed E-state index contributed by atoms with van der Waals surface area (Å²) in [7, 11) is 0. The first kappa shape index (κ1) is 11.4. The molecule has 0 aromatic carbocycles. The van der Waals surface area contributed by atoms with Crippen LogP contribution in [0.25, 0.3) is 0 Å². The monoisotopic (exact) mass is 210 g/mol. The zero-order chi connectivity index (χ0) is 11.3. The van der Waals surface area contributed by atoms with Crippen LogP contribution in [0.2, 0.25) is 0 Å². The van der Waals surface area contributed by atoms with Gasteiger partial charge in [-0.05, 0) is 13.3 Å². The molecule has 0 bridgehead atoms. The molecular weight excluding hydrogens is 196 g/mol. The topological polar surface area (TPSA) is 72.3 Å². The SMILES string of the molecule is CCCOc1cncc(C(C)C(=O)O)n1. The maximum Gasteiger partial charge on any atom is 0.312 e. The minimum absolute atomic E-state index is 0.377. The predicted octanol–water partition coefficient (Wildman–Crippen LogP) is 1.45. The highest BCUT2D eigenvalue weighted by atomic mass is 16.5. The lowest BCUT2D eigenvalue weighted by atomic mass is 10.1. The van der Waals surface area contributed by atoms with E-state index in [0.717, 1.165) is 6.42 Å². The summed E-state index contributed by atoms with van der Waals surface area (Å²) in [6.07, 6.45) is 3.80. The minimum atomic E-state index is -0.919. The average molecular weight is 210 g/mol. The molecule has 1 unspecified atom stereocenters. The second-order valence-electron chi connectivity index (χ2n) is 3.19. The molecule has 1 atom stereocenters. The van der Waals surface area contributed by atoms with Gasteiger partial charge >= 0.3 is 5.97 Å². The third kappa shape index (κ3) is 3.19. The van der Waals surface area contributed by atoms with Crippen LogP contribution in [0, 0.1) is 0 Å². The third-order valence-electron chi connectivity index (χ3n) is 1.90. The summed E-state index contributed by atoms with van der Waals surface area (Å²) in [6, 6.07) is 0. The fourth-order valence-corrected chi connectivity index (χ4v) is 0.974. The standard InChI is InChI=1S/C10H14N2O3/c1-3-4-15-9-6-11-5-8(12-9)7(2)10(13)14/h5-7H,3-4H2,1-2H3,(H,13,14). The number of hydrogen-bond donors (Lipinski definition) is 1. The molecule has 0 aliphatic rings. The van der Waals surface area contributed by atoms with Crippen molar-refractivity contribution in [2.45, 2.75) is 26.2 Å². The predicted molar refractivity (Wildman–Crippen MR) is 53.9 cm³/mol. The highest BCUT2D eigenvalue weighted by Gasteiger charge is 2.16. The quantitative estimate of drug-likeness (QED) is 0.796. The van der Waals surface area contributed by atoms with Crippen LogP contribution in [0.5, 0.6) is 5.88 Å². The molecular formula is C10H14N2O3. The van der Waals surface area contributed by atoms with Gasteiger partial charge in [0.15, 0.2) is 0 Å². The van der Waals surface area contributed by atoms with E-state index in [1.54, 1.807) is 6.92 Å². The van der Waals surface area contributed by atoms with Gasteiger partial charge in [0.25, 0.3) is 0 Å². The number of aromatic nitrogens is 2. The van der Waals surface area contributed by atoms with Crippen LogP contribution in [-0.2, 0) is 4.79 Å². The summed E-state index contributed by atoms with van der Waals surface area (Å²) in [6.45, 7) is 4.10. The van der Waals surface area contributed by atoms with Crippen molar-refractivity contribution >= 4 is 5.97 Å². The van der Waals surface area contributed by atoms with Gasteiger partial charge in [-0.2, -0.15) is 0 Å². The summed E-state index contributed by atoms with van der Waals surface area (Å²) in [5, 5.41) is 8.79. The Labute approximate surface area is 88.1 Å². The van der Waals surface area contributed by atoms with Gasteiger partial charge in [-0.15, -0.1) is 0 Å². The zero-order valence-corrected chi connectivity index (χ0v) is 8.80. The number of carbonyl (C=O) groups is 1. The summed E-state index contributed by atoms with van der Waals surface area (Å²) < 4.78 is 5.26. The minimum Gasteiger partial charge on any atom is -0.481 e. The molecule has 1 heterocycles. The zero-order valence-electron chi connectivity index (χ0n) is 8.80. The number of carboxylic acids is 1. The lowest BCUT2D eigenvalue weighted by Crippen LogP contribution is -2.10. The van der Waals surface area contributed by atoms with E-state index < -0.39 is 11.9 Å². The van der Waals surface area contributed by atoms with Crippen molar-refractivity contribution in [1.29, 1.82) is 0 Å². The van der Waals surface area contributed by atoms with E-state index in [1.807, 2.05) is 6.92 Å². The molecule has 0 fully saturated rings. The highest BCUT2D eigenvalue weighted by Crippen LogP contribution is 2.14. The molecule has 1 N–H and O–H groups in total. The molecule has 1 rings (SSSR count). The second kappa shape index (κ2) is 5.29. The average Bonchev–Trinajstić information content (AvgIpc) is 2.25. The van der Waals surface area contributed by atoms with Crippen molar-refractivity contribution in [3.63, 3.8) is 0 Å². The highest BCUT2D eigenvalue weighted by molar-refractivity contribution is 5.74. The molecule has 0 saturated heterocycles. The third-order valence-corrected chi connectivity index (χ3v) is 1.90. The summed E-state index contributed by atoms with van der Waals surface area (Å²) >= 11 is 0. The van der Waals surface area contributed by atoms with Gasteiger partial charge in [0.1, 0.15) is 0 Å². The number of hydrogen-bond acceptors (Lipinski definition) is 4. The Hall–Kier alpha value is -1.65. The lowest BCUT2D eigenvalue weighted by molar-refractivity contribution is -0.138. The lowest BCUT2D eigenvalue weighted by Gasteiger charge is -2.07. The van der Waals surface area contributed by atoms with Gasteiger partial charge in [-0.1, -0.05) is 6.92 Å². The fraction of sp³-hybridized carbons (Fsp3) is 0.500. The molecule has 5 heteroatoms. The van der Waals surface area contributed by atoms with E-state index in [0.29, 0.717) is 18.2 Å². The van der Waals surface area contributed by atoms with Crippen molar-refractivity contribution < 1.29 is 14.6 Å². The van der Waals surface area contributed by atoms with Crippen molar-refractivity contribution in [2.75, 3.05) is 6.61 Å². The van der Waals surface area contributed by atoms with E-state index >= 15 is 0 Å². The molecule has 0 radical (unpaired) electrons. The first-order valence-electron chi connectivity index (χ1n) is 4.82. The van der Waals surface area contributed by atoms with Crippen molar-refractivity contribution in [1.82, 2.24) is 9.97 Å². The first-order valence-corrected chi connectivity index (χ1v) is 4.82. The number of nitrogens with zero attached hydrogens (tertiary/aromatic N) is 2. The normalized spacial score (nSPS) is 12.1. The maximum atomic E-state index is 10.7.